The Labute approximate surface area is 129 Å². The van der Waals surface area contributed by atoms with E-state index in [9.17, 15) is 0 Å². The van der Waals surface area contributed by atoms with E-state index in [1.54, 1.807) is 0 Å². The van der Waals surface area contributed by atoms with Gasteiger partial charge in [-0.05, 0) is 55.8 Å². The lowest BCUT2D eigenvalue weighted by Gasteiger charge is -2.31. The van der Waals surface area contributed by atoms with Crippen molar-refractivity contribution in [3.8, 4) is 0 Å². The van der Waals surface area contributed by atoms with E-state index >= 15 is 0 Å². The van der Waals surface area contributed by atoms with Crippen molar-refractivity contribution < 1.29 is 0 Å². The van der Waals surface area contributed by atoms with Crippen LogP contribution in [0.4, 0.5) is 0 Å². The smallest absolute Gasteiger partial charge is 0.0236 e. The van der Waals surface area contributed by atoms with Gasteiger partial charge < -0.3 is 5.32 Å². The number of hydrogen-bond donors (Lipinski definition) is 1. The van der Waals surface area contributed by atoms with Gasteiger partial charge in [0.05, 0.1) is 0 Å². The standard InChI is InChI=1S/C19H30N2/c1-15(13-20-2)17-9-7-16(8-10-17)14-21-12-11-18-5-3-4-6-19(18)21/h7-10,15,18-20H,3-6,11-14H2,1-2H3. The van der Waals surface area contributed by atoms with Crippen LogP contribution in [-0.4, -0.2) is 31.1 Å². The molecular weight excluding hydrogens is 256 g/mol. The minimum absolute atomic E-state index is 0.596. The minimum Gasteiger partial charge on any atom is -0.319 e. The third kappa shape index (κ3) is 3.49. The molecule has 21 heavy (non-hydrogen) atoms. The normalized spacial score (nSPS) is 27.5. The van der Waals surface area contributed by atoms with E-state index in [1.807, 2.05) is 7.05 Å². The number of rotatable bonds is 5. The summed E-state index contributed by atoms with van der Waals surface area (Å²) in [5, 5.41) is 3.26. The lowest BCUT2D eigenvalue weighted by Crippen LogP contribution is -2.34. The maximum Gasteiger partial charge on any atom is 0.0236 e. The van der Waals surface area contributed by atoms with Gasteiger partial charge in [-0.25, -0.2) is 0 Å². The topological polar surface area (TPSA) is 15.3 Å². The molecule has 3 atom stereocenters. The first kappa shape index (κ1) is 15.1. The number of nitrogens with one attached hydrogen (secondary N) is 1. The average Bonchev–Trinajstić information content (AvgIpc) is 2.92. The summed E-state index contributed by atoms with van der Waals surface area (Å²) < 4.78 is 0. The Kier molecular flexibility index (Phi) is 4.97. The summed E-state index contributed by atoms with van der Waals surface area (Å²) in [6, 6.07) is 10.2. The molecule has 3 unspecified atom stereocenters. The summed E-state index contributed by atoms with van der Waals surface area (Å²) in [4.78, 5) is 2.75. The quantitative estimate of drug-likeness (QED) is 0.886. The molecule has 1 heterocycles. The van der Waals surface area contributed by atoms with E-state index in [-0.39, 0.29) is 0 Å². The number of likely N-dealkylation sites (tertiary alicyclic amines) is 1. The molecule has 1 aliphatic carbocycles. The number of likely N-dealkylation sites (N-methyl/N-ethyl adjacent to an activating group) is 1. The molecule has 2 aliphatic rings. The Hall–Kier alpha value is -0.860. The van der Waals surface area contributed by atoms with Gasteiger partial charge >= 0.3 is 0 Å². The lowest BCUT2D eigenvalue weighted by atomic mass is 9.85. The Morgan fingerprint density at radius 1 is 1.14 bits per heavy atom. The predicted molar refractivity (Wildman–Crippen MR) is 89.6 cm³/mol. The fraction of sp³-hybridized carbons (Fsp3) is 0.684. The van der Waals surface area contributed by atoms with Crippen molar-refractivity contribution in [3.63, 3.8) is 0 Å². The van der Waals surface area contributed by atoms with Crippen LogP contribution < -0.4 is 5.32 Å². The molecule has 0 radical (unpaired) electrons. The highest BCUT2D eigenvalue weighted by molar-refractivity contribution is 5.25. The molecule has 1 saturated heterocycles. The van der Waals surface area contributed by atoms with Gasteiger partial charge in [0.25, 0.3) is 0 Å². The van der Waals surface area contributed by atoms with Gasteiger partial charge in [0.2, 0.25) is 0 Å². The molecule has 0 bridgehead atoms. The molecule has 3 rings (SSSR count). The van der Waals surface area contributed by atoms with Crippen LogP contribution in [0.3, 0.4) is 0 Å². The van der Waals surface area contributed by atoms with Crippen molar-refractivity contribution in [3.05, 3.63) is 35.4 Å². The first-order valence-corrected chi connectivity index (χ1v) is 8.75. The van der Waals surface area contributed by atoms with E-state index in [2.05, 4.69) is 41.4 Å². The molecule has 2 fully saturated rings. The molecule has 2 nitrogen and oxygen atoms in total. The third-order valence-corrected chi connectivity index (χ3v) is 5.57. The minimum atomic E-state index is 0.596. The molecule has 1 aromatic rings. The second kappa shape index (κ2) is 6.93. The summed E-state index contributed by atoms with van der Waals surface area (Å²) >= 11 is 0. The SMILES string of the molecule is CNCC(C)c1ccc(CN2CCC3CCCCC32)cc1. The lowest BCUT2D eigenvalue weighted by molar-refractivity contribution is 0.176. The van der Waals surface area contributed by atoms with E-state index < -0.39 is 0 Å². The predicted octanol–water partition coefficient (Wildman–Crippen LogP) is 3.77. The molecular formula is C19H30N2. The molecule has 0 aromatic heterocycles. The summed E-state index contributed by atoms with van der Waals surface area (Å²) in [7, 11) is 2.03. The zero-order valence-electron chi connectivity index (χ0n) is 13.6. The fourth-order valence-corrected chi connectivity index (χ4v) is 4.31. The van der Waals surface area contributed by atoms with Gasteiger partial charge in [-0.1, -0.05) is 44.0 Å². The Bertz CT molecular complexity index is 439. The summed E-state index contributed by atoms with van der Waals surface area (Å²) in [5.41, 5.74) is 2.94. The van der Waals surface area contributed by atoms with Gasteiger partial charge in [0, 0.05) is 19.1 Å². The van der Waals surface area contributed by atoms with Crippen LogP contribution in [0.15, 0.2) is 24.3 Å². The molecule has 1 aliphatic heterocycles. The van der Waals surface area contributed by atoms with Gasteiger partial charge in [0.1, 0.15) is 0 Å². The highest BCUT2D eigenvalue weighted by Crippen LogP contribution is 2.36. The molecule has 0 amide bonds. The van der Waals surface area contributed by atoms with E-state index in [0.717, 1.165) is 25.0 Å². The summed E-state index contributed by atoms with van der Waals surface area (Å²) in [5.74, 6) is 1.59. The van der Waals surface area contributed by atoms with Crippen LogP contribution in [0.1, 0.15) is 56.1 Å². The van der Waals surface area contributed by atoms with Gasteiger partial charge in [-0.2, -0.15) is 0 Å². The van der Waals surface area contributed by atoms with Crippen LogP contribution >= 0.6 is 0 Å². The van der Waals surface area contributed by atoms with Crippen LogP contribution in [-0.2, 0) is 6.54 Å². The molecule has 1 N–H and O–H groups in total. The zero-order valence-corrected chi connectivity index (χ0v) is 13.6. The Morgan fingerprint density at radius 3 is 2.67 bits per heavy atom. The fourth-order valence-electron chi connectivity index (χ4n) is 4.31. The van der Waals surface area contributed by atoms with Crippen LogP contribution in [0, 0.1) is 5.92 Å². The van der Waals surface area contributed by atoms with Crippen molar-refractivity contribution in [1.29, 1.82) is 0 Å². The largest absolute Gasteiger partial charge is 0.319 e. The number of fused-ring (bicyclic) bond motifs is 1. The van der Waals surface area contributed by atoms with Crippen molar-refractivity contribution in [2.75, 3.05) is 20.1 Å². The van der Waals surface area contributed by atoms with E-state index in [0.29, 0.717) is 5.92 Å². The Balaban J connectivity index is 1.60. The van der Waals surface area contributed by atoms with Gasteiger partial charge in [-0.15, -0.1) is 0 Å². The number of benzene rings is 1. The molecule has 116 valence electrons. The van der Waals surface area contributed by atoms with Crippen LogP contribution in [0.25, 0.3) is 0 Å². The first-order chi connectivity index (χ1) is 10.3. The highest BCUT2D eigenvalue weighted by Gasteiger charge is 2.35. The average molecular weight is 286 g/mol. The number of hydrogen-bond acceptors (Lipinski definition) is 2. The second-order valence-corrected chi connectivity index (χ2v) is 7.07. The maximum atomic E-state index is 3.26. The van der Waals surface area contributed by atoms with Crippen molar-refractivity contribution in [2.45, 2.75) is 57.5 Å². The van der Waals surface area contributed by atoms with Crippen LogP contribution in [0.5, 0.6) is 0 Å². The van der Waals surface area contributed by atoms with E-state index in [4.69, 9.17) is 0 Å². The van der Waals surface area contributed by atoms with Crippen LogP contribution in [0.2, 0.25) is 0 Å². The molecule has 1 saturated carbocycles. The second-order valence-electron chi connectivity index (χ2n) is 7.07. The van der Waals surface area contributed by atoms with Crippen molar-refractivity contribution >= 4 is 0 Å². The third-order valence-electron chi connectivity index (χ3n) is 5.57. The monoisotopic (exact) mass is 286 g/mol. The zero-order chi connectivity index (χ0) is 14.7. The first-order valence-electron chi connectivity index (χ1n) is 8.75. The van der Waals surface area contributed by atoms with Gasteiger partial charge in [0.15, 0.2) is 0 Å². The maximum absolute atomic E-state index is 3.26. The summed E-state index contributed by atoms with van der Waals surface area (Å²) in [6.07, 6.45) is 7.25. The Morgan fingerprint density at radius 2 is 1.90 bits per heavy atom. The molecule has 0 spiro atoms. The molecule has 1 aromatic carbocycles. The molecule has 2 heteroatoms. The highest BCUT2D eigenvalue weighted by atomic mass is 15.2. The van der Waals surface area contributed by atoms with Gasteiger partial charge in [-0.3, -0.25) is 4.90 Å². The van der Waals surface area contributed by atoms with E-state index in [1.165, 1.54) is 49.8 Å². The summed E-state index contributed by atoms with van der Waals surface area (Å²) in [6.45, 7) is 5.81. The van der Waals surface area contributed by atoms with Crippen molar-refractivity contribution in [1.82, 2.24) is 10.2 Å². The van der Waals surface area contributed by atoms with Crippen molar-refractivity contribution in [2.24, 2.45) is 5.92 Å². The number of nitrogens with zero attached hydrogens (tertiary/aromatic N) is 1.